The first-order valence-corrected chi connectivity index (χ1v) is 6.53. The van der Waals surface area contributed by atoms with Gasteiger partial charge in [-0.1, -0.05) is 50.6 Å². The van der Waals surface area contributed by atoms with Crippen LogP contribution in [0.5, 0.6) is 0 Å². The third-order valence-corrected chi connectivity index (χ3v) is 4.27. The van der Waals surface area contributed by atoms with Crippen LogP contribution in [0, 0.1) is 0 Å². The molecule has 0 spiro atoms. The third kappa shape index (κ3) is 2.16. The Morgan fingerprint density at radius 2 is 1.88 bits per heavy atom. The predicted molar refractivity (Wildman–Crippen MR) is 74.7 cm³/mol. The highest BCUT2D eigenvalue weighted by molar-refractivity contribution is 6.34. The van der Waals surface area contributed by atoms with Crippen LogP contribution >= 0.6 is 11.6 Å². The van der Waals surface area contributed by atoms with E-state index >= 15 is 0 Å². The minimum absolute atomic E-state index is 0.254. The van der Waals surface area contributed by atoms with Gasteiger partial charge in [0.05, 0.1) is 0 Å². The van der Waals surface area contributed by atoms with Crippen molar-refractivity contribution in [2.75, 3.05) is 0 Å². The summed E-state index contributed by atoms with van der Waals surface area (Å²) in [6.07, 6.45) is 4.06. The van der Waals surface area contributed by atoms with Gasteiger partial charge in [-0.15, -0.1) is 0 Å². The van der Waals surface area contributed by atoms with Gasteiger partial charge in [-0.2, -0.15) is 0 Å². The van der Waals surface area contributed by atoms with Gasteiger partial charge in [0, 0.05) is 11.6 Å². The van der Waals surface area contributed by atoms with Crippen molar-refractivity contribution < 1.29 is 0 Å². The van der Waals surface area contributed by atoms with E-state index in [1.165, 1.54) is 10.9 Å². The first-order chi connectivity index (χ1) is 8.10. The van der Waals surface area contributed by atoms with Crippen molar-refractivity contribution >= 4 is 22.4 Å². The molecule has 0 aliphatic rings. The van der Waals surface area contributed by atoms with Crippen molar-refractivity contribution in [3.05, 3.63) is 41.2 Å². The molecule has 0 radical (unpaired) electrons. The van der Waals surface area contributed by atoms with Gasteiger partial charge in [0.1, 0.15) is 5.15 Å². The van der Waals surface area contributed by atoms with E-state index < -0.39 is 0 Å². The molecule has 17 heavy (non-hydrogen) atoms. The normalized spacial score (nSPS) is 12.0. The van der Waals surface area contributed by atoms with Gasteiger partial charge in [0.25, 0.3) is 0 Å². The number of halogens is 1. The van der Waals surface area contributed by atoms with E-state index in [1.54, 1.807) is 6.20 Å². The molecule has 0 unspecified atom stereocenters. The van der Waals surface area contributed by atoms with E-state index in [9.17, 15) is 0 Å². The minimum Gasteiger partial charge on any atom is -0.244 e. The summed E-state index contributed by atoms with van der Waals surface area (Å²) in [5.41, 5.74) is 1.64. The first kappa shape index (κ1) is 12.4. The fourth-order valence-electron chi connectivity index (χ4n) is 2.17. The molecule has 1 aromatic carbocycles. The molecule has 0 aliphatic carbocycles. The maximum atomic E-state index is 6.08. The summed E-state index contributed by atoms with van der Waals surface area (Å²) in [5.74, 6) is 0. The van der Waals surface area contributed by atoms with Crippen molar-refractivity contribution in [1.82, 2.24) is 4.98 Å². The lowest BCUT2D eigenvalue weighted by Gasteiger charge is -2.27. The Labute approximate surface area is 108 Å². The molecule has 90 valence electrons. The first-order valence-electron chi connectivity index (χ1n) is 6.15. The van der Waals surface area contributed by atoms with Gasteiger partial charge in [0.2, 0.25) is 0 Å². The molecule has 0 N–H and O–H groups in total. The number of rotatable bonds is 3. The van der Waals surface area contributed by atoms with Crippen LogP contribution in [0.4, 0.5) is 0 Å². The molecule has 0 fully saturated rings. The molecule has 0 saturated heterocycles. The predicted octanol–water partition coefficient (Wildman–Crippen LogP) is 4.97. The smallest absolute Gasteiger partial charge is 0.136 e. The number of hydrogen-bond acceptors (Lipinski definition) is 1. The Kier molecular flexibility index (Phi) is 3.39. The van der Waals surface area contributed by atoms with E-state index in [2.05, 4.69) is 44.0 Å². The van der Waals surface area contributed by atoms with Crippen molar-refractivity contribution in [3.63, 3.8) is 0 Å². The molecule has 2 aromatic rings. The summed E-state index contributed by atoms with van der Waals surface area (Å²) in [5, 5.41) is 2.80. The average Bonchev–Trinajstić information content (AvgIpc) is 2.37. The lowest BCUT2D eigenvalue weighted by Crippen LogP contribution is -2.19. The van der Waals surface area contributed by atoms with E-state index in [4.69, 9.17) is 11.6 Å². The van der Waals surface area contributed by atoms with Crippen LogP contribution in [0.15, 0.2) is 30.5 Å². The van der Waals surface area contributed by atoms with Crippen molar-refractivity contribution in [1.29, 1.82) is 0 Å². The Morgan fingerprint density at radius 1 is 1.18 bits per heavy atom. The van der Waals surface area contributed by atoms with Crippen LogP contribution in [-0.2, 0) is 5.41 Å². The van der Waals surface area contributed by atoms with Crippen LogP contribution in [0.2, 0.25) is 5.15 Å². The zero-order valence-corrected chi connectivity index (χ0v) is 11.4. The lowest BCUT2D eigenvalue weighted by molar-refractivity contribution is 0.439. The summed E-state index contributed by atoms with van der Waals surface area (Å²) < 4.78 is 0. The van der Waals surface area contributed by atoms with E-state index in [0.717, 1.165) is 18.2 Å². The molecule has 2 heteroatoms. The molecule has 0 amide bonds. The SMILES string of the molecule is CCC(C)(CC)c1ccc2c(Cl)nccc2c1. The van der Waals surface area contributed by atoms with Crippen LogP contribution in [0.3, 0.4) is 0 Å². The van der Waals surface area contributed by atoms with Crippen LogP contribution < -0.4 is 0 Å². The highest BCUT2D eigenvalue weighted by Gasteiger charge is 2.22. The highest BCUT2D eigenvalue weighted by Crippen LogP contribution is 2.33. The Hall–Kier alpha value is -1.08. The zero-order chi connectivity index (χ0) is 12.5. The van der Waals surface area contributed by atoms with E-state index in [0.29, 0.717) is 5.15 Å². The third-order valence-electron chi connectivity index (χ3n) is 3.97. The van der Waals surface area contributed by atoms with Gasteiger partial charge < -0.3 is 0 Å². The topological polar surface area (TPSA) is 12.9 Å². The van der Waals surface area contributed by atoms with Gasteiger partial charge in [-0.3, -0.25) is 0 Å². The fraction of sp³-hybridized carbons (Fsp3) is 0.400. The molecular weight excluding hydrogens is 230 g/mol. The number of benzene rings is 1. The molecule has 0 bridgehead atoms. The fourth-order valence-corrected chi connectivity index (χ4v) is 2.40. The molecular formula is C15H18ClN. The van der Waals surface area contributed by atoms with Gasteiger partial charge in [-0.25, -0.2) is 4.98 Å². The second-order valence-corrected chi connectivity index (χ2v) is 5.16. The van der Waals surface area contributed by atoms with Gasteiger partial charge in [0.15, 0.2) is 0 Å². The van der Waals surface area contributed by atoms with Crippen molar-refractivity contribution in [2.24, 2.45) is 0 Å². The van der Waals surface area contributed by atoms with Gasteiger partial charge >= 0.3 is 0 Å². The molecule has 0 atom stereocenters. The Balaban J connectivity index is 2.59. The number of pyridine rings is 1. The van der Waals surface area contributed by atoms with Crippen LogP contribution in [-0.4, -0.2) is 4.98 Å². The van der Waals surface area contributed by atoms with Crippen molar-refractivity contribution in [3.8, 4) is 0 Å². The Morgan fingerprint density at radius 3 is 2.53 bits per heavy atom. The Bertz CT molecular complexity index is 529. The maximum absolute atomic E-state index is 6.08. The van der Waals surface area contributed by atoms with E-state index in [1.807, 2.05) is 6.07 Å². The number of fused-ring (bicyclic) bond motifs is 1. The quantitative estimate of drug-likeness (QED) is 0.698. The van der Waals surface area contributed by atoms with Crippen LogP contribution in [0.1, 0.15) is 39.2 Å². The summed E-state index contributed by atoms with van der Waals surface area (Å²) in [7, 11) is 0. The number of nitrogens with zero attached hydrogens (tertiary/aromatic N) is 1. The lowest BCUT2D eigenvalue weighted by atomic mass is 9.77. The minimum atomic E-state index is 0.254. The monoisotopic (exact) mass is 247 g/mol. The molecule has 0 saturated carbocycles. The van der Waals surface area contributed by atoms with Crippen LogP contribution in [0.25, 0.3) is 10.8 Å². The molecule has 1 aromatic heterocycles. The average molecular weight is 248 g/mol. The summed E-state index contributed by atoms with van der Waals surface area (Å²) in [6.45, 7) is 6.80. The summed E-state index contributed by atoms with van der Waals surface area (Å²) in [4.78, 5) is 4.10. The van der Waals surface area contributed by atoms with Gasteiger partial charge in [-0.05, 0) is 35.3 Å². The standard InChI is InChI=1S/C15H18ClN/c1-4-15(3,5-2)12-6-7-13-11(10-12)8-9-17-14(13)16/h6-10H,4-5H2,1-3H3. The van der Waals surface area contributed by atoms with E-state index in [-0.39, 0.29) is 5.41 Å². The number of hydrogen-bond donors (Lipinski definition) is 0. The largest absolute Gasteiger partial charge is 0.244 e. The molecule has 0 aliphatic heterocycles. The molecule has 1 nitrogen and oxygen atoms in total. The van der Waals surface area contributed by atoms with Crippen molar-refractivity contribution in [2.45, 2.75) is 39.0 Å². The second kappa shape index (κ2) is 4.66. The molecule has 1 heterocycles. The molecule has 2 rings (SSSR count). The number of aromatic nitrogens is 1. The maximum Gasteiger partial charge on any atom is 0.136 e. The highest BCUT2D eigenvalue weighted by atomic mass is 35.5. The summed E-state index contributed by atoms with van der Waals surface area (Å²) in [6, 6.07) is 8.54. The zero-order valence-electron chi connectivity index (χ0n) is 10.6. The second-order valence-electron chi connectivity index (χ2n) is 4.81. The summed E-state index contributed by atoms with van der Waals surface area (Å²) >= 11 is 6.08.